The number of nitro groups is 1. The maximum Gasteiger partial charge on any atom is 0.269 e. The molecule has 0 unspecified atom stereocenters. The number of carbonyl (C=O) groups is 2. The van der Waals surface area contributed by atoms with Gasteiger partial charge in [0.2, 0.25) is 5.91 Å². The zero-order chi connectivity index (χ0) is 22.4. The number of hydrogen-bond acceptors (Lipinski definition) is 5. The van der Waals surface area contributed by atoms with Crippen LogP contribution in [-0.4, -0.2) is 45.8 Å². The van der Waals surface area contributed by atoms with E-state index in [-0.39, 0.29) is 34.5 Å². The summed E-state index contributed by atoms with van der Waals surface area (Å²) in [5.74, 6) is -0.251. The predicted octanol–water partition coefficient (Wildman–Crippen LogP) is 1.98. The first-order chi connectivity index (χ1) is 14.8. The number of aryl methyl sites for hydroxylation is 1. The van der Waals surface area contributed by atoms with E-state index in [9.17, 15) is 24.5 Å². The van der Waals surface area contributed by atoms with Crippen LogP contribution >= 0.6 is 0 Å². The number of amides is 2. The highest BCUT2D eigenvalue weighted by Gasteiger charge is 2.25. The summed E-state index contributed by atoms with van der Waals surface area (Å²) in [5.41, 5.74) is 0.563. The zero-order valence-corrected chi connectivity index (χ0v) is 17.2. The smallest absolute Gasteiger partial charge is 0.269 e. The Morgan fingerprint density at radius 3 is 2.52 bits per heavy atom. The average molecular weight is 424 g/mol. The van der Waals surface area contributed by atoms with Gasteiger partial charge in [0.25, 0.3) is 17.2 Å². The lowest BCUT2D eigenvalue weighted by molar-refractivity contribution is -0.384. The van der Waals surface area contributed by atoms with Gasteiger partial charge in [0.15, 0.2) is 0 Å². The highest BCUT2D eigenvalue weighted by molar-refractivity contribution is 5.94. The van der Waals surface area contributed by atoms with Crippen LogP contribution < -0.4 is 10.9 Å². The first kappa shape index (κ1) is 21.9. The van der Waals surface area contributed by atoms with Crippen molar-refractivity contribution in [3.63, 3.8) is 0 Å². The molecule has 0 radical (unpaired) electrons. The van der Waals surface area contributed by atoms with E-state index in [0.29, 0.717) is 25.2 Å². The van der Waals surface area contributed by atoms with Gasteiger partial charge < -0.3 is 14.8 Å². The number of piperidine rings is 1. The number of pyridine rings is 1. The third-order valence-electron chi connectivity index (χ3n) is 5.35. The molecule has 1 aromatic heterocycles. The van der Waals surface area contributed by atoms with Crippen LogP contribution in [0.3, 0.4) is 0 Å². The molecular formula is C22H24N4O5. The van der Waals surface area contributed by atoms with Crippen LogP contribution in [0.2, 0.25) is 0 Å². The van der Waals surface area contributed by atoms with E-state index < -0.39 is 4.92 Å². The highest BCUT2D eigenvalue weighted by Crippen LogP contribution is 2.18. The molecule has 1 aliphatic rings. The molecule has 0 aliphatic carbocycles. The Hall–Kier alpha value is -3.75. The monoisotopic (exact) mass is 424 g/mol. The molecule has 1 aromatic carbocycles. The van der Waals surface area contributed by atoms with Crippen LogP contribution in [0, 0.1) is 16.0 Å². The minimum absolute atomic E-state index is 0.000876. The van der Waals surface area contributed by atoms with Crippen LogP contribution in [0.1, 0.15) is 28.8 Å². The second-order valence-electron chi connectivity index (χ2n) is 7.50. The zero-order valence-electron chi connectivity index (χ0n) is 17.2. The number of nitrogens with zero attached hydrogens (tertiary/aromatic N) is 3. The van der Waals surface area contributed by atoms with E-state index in [1.54, 1.807) is 48.5 Å². The molecule has 2 aromatic rings. The van der Waals surface area contributed by atoms with Crippen LogP contribution in [0.5, 0.6) is 0 Å². The molecule has 3 rings (SSSR count). The number of carbonyl (C=O) groups excluding carboxylic acids is 2. The lowest BCUT2D eigenvalue weighted by Crippen LogP contribution is -2.43. The van der Waals surface area contributed by atoms with Crippen LogP contribution in [-0.2, 0) is 11.8 Å². The van der Waals surface area contributed by atoms with Gasteiger partial charge in [-0.1, -0.05) is 0 Å². The Balaban J connectivity index is 1.45. The van der Waals surface area contributed by atoms with Crippen molar-refractivity contribution in [1.29, 1.82) is 0 Å². The minimum atomic E-state index is -0.474. The van der Waals surface area contributed by atoms with Crippen molar-refractivity contribution in [1.82, 2.24) is 14.8 Å². The SMILES string of the molecule is Cn1cccc(C(=O)N2CCC(CNC(=O)/C=C/c3ccc([N+](=O)[O-])cc3)CC2)c1=O. The quantitative estimate of drug-likeness (QED) is 0.433. The van der Waals surface area contributed by atoms with E-state index in [0.717, 1.165) is 12.8 Å². The van der Waals surface area contributed by atoms with Gasteiger partial charge in [-0.3, -0.25) is 24.5 Å². The van der Waals surface area contributed by atoms with Crippen LogP contribution in [0.15, 0.2) is 53.5 Å². The Morgan fingerprint density at radius 1 is 1.19 bits per heavy atom. The molecule has 0 saturated carbocycles. The van der Waals surface area contributed by atoms with Crippen molar-refractivity contribution >= 4 is 23.6 Å². The van der Waals surface area contributed by atoms with E-state index in [1.165, 1.54) is 22.8 Å². The summed E-state index contributed by atoms with van der Waals surface area (Å²) >= 11 is 0. The topological polar surface area (TPSA) is 115 Å². The first-order valence-electron chi connectivity index (χ1n) is 10.0. The molecule has 31 heavy (non-hydrogen) atoms. The van der Waals surface area contributed by atoms with Crippen LogP contribution in [0.4, 0.5) is 5.69 Å². The fourth-order valence-corrected chi connectivity index (χ4v) is 3.45. The van der Waals surface area contributed by atoms with Gasteiger partial charge in [-0.05, 0) is 54.7 Å². The van der Waals surface area contributed by atoms with Gasteiger partial charge in [-0.2, -0.15) is 0 Å². The molecule has 1 aliphatic heterocycles. The summed E-state index contributed by atoms with van der Waals surface area (Å²) in [6, 6.07) is 9.16. The van der Waals surface area contributed by atoms with Crippen molar-refractivity contribution in [2.45, 2.75) is 12.8 Å². The summed E-state index contributed by atoms with van der Waals surface area (Å²) in [6.07, 6.45) is 6.09. The lowest BCUT2D eigenvalue weighted by atomic mass is 9.96. The van der Waals surface area contributed by atoms with E-state index in [4.69, 9.17) is 0 Å². The number of nitro benzene ring substituents is 1. The second kappa shape index (κ2) is 9.84. The van der Waals surface area contributed by atoms with Crippen molar-refractivity contribution in [3.05, 3.63) is 80.3 Å². The Bertz CT molecular complexity index is 1050. The minimum Gasteiger partial charge on any atom is -0.352 e. The van der Waals surface area contributed by atoms with E-state index >= 15 is 0 Å². The second-order valence-corrected chi connectivity index (χ2v) is 7.50. The number of hydrogen-bond donors (Lipinski definition) is 1. The third-order valence-corrected chi connectivity index (χ3v) is 5.35. The summed E-state index contributed by atoms with van der Waals surface area (Å²) in [5, 5.41) is 13.5. The normalized spacial score (nSPS) is 14.5. The van der Waals surface area contributed by atoms with Gasteiger partial charge in [0.1, 0.15) is 5.56 Å². The Labute approximate surface area is 179 Å². The lowest BCUT2D eigenvalue weighted by Gasteiger charge is -2.32. The standard InChI is InChI=1S/C22H24N4O5/c1-24-12-2-3-19(21(24)28)22(29)25-13-10-17(11-14-25)15-23-20(27)9-6-16-4-7-18(8-5-16)26(30)31/h2-9,12,17H,10-11,13-15H2,1H3,(H,23,27)/b9-6+. The number of benzene rings is 1. The predicted molar refractivity (Wildman–Crippen MR) is 115 cm³/mol. The van der Waals surface area contributed by atoms with Crippen molar-refractivity contribution in [2.24, 2.45) is 13.0 Å². The molecule has 0 atom stereocenters. The molecule has 2 heterocycles. The molecule has 0 spiro atoms. The van der Waals surface area contributed by atoms with Crippen LogP contribution in [0.25, 0.3) is 6.08 Å². The van der Waals surface area contributed by atoms with Gasteiger partial charge in [0.05, 0.1) is 4.92 Å². The molecule has 0 bridgehead atoms. The molecule has 1 saturated heterocycles. The molecule has 162 valence electrons. The first-order valence-corrected chi connectivity index (χ1v) is 10.0. The van der Waals surface area contributed by atoms with Crippen molar-refractivity contribution in [2.75, 3.05) is 19.6 Å². The van der Waals surface area contributed by atoms with Gasteiger partial charge in [0, 0.05) is 51.1 Å². The Kier molecular flexibility index (Phi) is 6.96. The summed E-state index contributed by atoms with van der Waals surface area (Å²) < 4.78 is 1.39. The molecule has 1 N–H and O–H groups in total. The number of nitrogens with one attached hydrogen (secondary N) is 1. The maximum atomic E-state index is 12.6. The molecule has 2 amide bonds. The van der Waals surface area contributed by atoms with Gasteiger partial charge in [-0.15, -0.1) is 0 Å². The third kappa shape index (κ3) is 5.65. The fourth-order valence-electron chi connectivity index (χ4n) is 3.45. The Morgan fingerprint density at radius 2 is 1.87 bits per heavy atom. The summed E-state index contributed by atoms with van der Waals surface area (Å²) in [7, 11) is 1.62. The molecule has 9 heteroatoms. The van der Waals surface area contributed by atoms with Crippen molar-refractivity contribution < 1.29 is 14.5 Å². The molecular weight excluding hydrogens is 400 g/mol. The number of rotatable bonds is 6. The van der Waals surface area contributed by atoms with E-state index in [2.05, 4.69) is 5.32 Å². The van der Waals surface area contributed by atoms with Gasteiger partial charge >= 0.3 is 0 Å². The average Bonchev–Trinajstić information content (AvgIpc) is 2.78. The largest absolute Gasteiger partial charge is 0.352 e. The summed E-state index contributed by atoms with van der Waals surface area (Å²) in [6.45, 7) is 1.57. The number of non-ortho nitro benzene ring substituents is 1. The van der Waals surface area contributed by atoms with Crippen molar-refractivity contribution in [3.8, 4) is 0 Å². The molecule has 1 fully saturated rings. The summed E-state index contributed by atoms with van der Waals surface area (Å²) in [4.78, 5) is 48.7. The van der Waals surface area contributed by atoms with Gasteiger partial charge in [-0.25, -0.2) is 0 Å². The fraction of sp³-hybridized carbons (Fsp3) is 0.318. The number of likely N-dealkylation sites (tertiary alicyclic amines) is 1. The molecule has 9 nitrogen and oxygen atoms in total. The van der Waals surface area contributed by atoms with E-state index in [1.807, 2.05) is 0 Å². The number of aromatic nitrogens is 1. The highest BCUT2D eigenvalue weighted by atomic mass is 16.6. The maximum absolute atomic E-state index is 12.6.